The molecule has 0 saturated heterocycles. The Kier molecular flexibility index (Phi) is 1.30. The summed E-state index contributed by atoms with van der Waals surface area (Å²) in [7, 11) is 0. The van der Waals surface area contributed by atoms with Gasteiger partial charge < -0.3 is 5.73 Å². The van der Waals surface area contributed by atoms with Crippen LogP contribution >= 0.6 is 0 Å². The van der Waals surface area contributed by atoms with Gasteiger partial charge in [0.15, 0.2) is 11.3 Å². The van der Waals surface area contributed by atoms with Crippen molar-refractivity contribution in [2.24, 2.45) is 5.73 Å². The summed E-state index contributed by atoms with van der Waals surface area (Å²) < 4.78 is 1.64. The zero-order valence-corrected chi connectivity index (χ0v) is 6.14. The van der Waals surface area contributed by atoms with Crippen LogP contribution in [0.3, 0.4) is 0 Å². The van der Waals surface area contributed by atoms with E-state index in [2.05, 4.69) is 9.97 Å². The minimum absolute atomic E-state index is 0.204. The van der Waals surface area contributed by atoms with Crippen LogP contribution in [0, 0.1) is 0 Å². The zero-order chi connectivity index (χ0) is 8.55. The summed E-state index contributed by atoms with van der Waals surface area (Å²) >= 11 is 0. The molecule has 1 amide bonds. The van der Waals surface area contributed by atoms with Gasteiger partial charge in [-0.05, 0) is 6.07 Å². The maximum Gasteiger partial charge on any atom is 0.271 e. The van der Waals surface area contributed by atoms with E-state index in [9.17, 15) is 4.79 Å². The molecule has 0 unspecified atom stereocenters. The lowest BCUT2D eigenvalue weighted by atomic mass is 10.4. The molecule has 2 rings (SSSR count). The lowest BCUT2D eigenvalue weighted by Crippen LogP contribution is -2.12. The van der Waals surface area contributed by atoms with Crippen LogP contribution in [0.25, 0.3) is 5.65 Å². The lowest BCUT2D eigenvalue weighted by Gasteiger charge is -1.90. The number of nitrogens with zero attached hydrogens (tertiary/aromatic N) is 3. The van der Waals surface area contributed by atoms with E-state index in [-0.39, 0.29) is 5.69 Å². The van der Waals surface area contributed by atoms with E-state index in [4.69, 9.17) is 5.73 Å². The maximum atomic E-state index is 10.8. The number of fused-ring (bicyclic) bond motifs is 1. The summed E-state index contributed by atoms with van der Waals surface area (Å²) in [4.78, 5) is 18.6. The Labute approximate surface area is 67.9 Å². The Morgan fingerprint density at radius 3 is 3.08 bits per heavy atom. The second-order valence-electron chi connectivity index (χ2n) is 2.31. The van der Waals surface area contributed by atoms with Gasteiger partial charge in [0.1, 0.15) is 6.33 Å². The van der Waals surface area contributed by atoms with Crippen LogP contribution in [0.15, 0.2) is 24.8 Å². The van der Waals surface area contributed by atoms with E-state index in [1.807, 2.05) is 0 Å². The average molecular weight is 162 g/mol. The van der Waals surface area contributed by atoms with E-state index >= 15 is 0 Å². The van der Waals surface area contributed by atoms with E-state index in [1.165, 1.54) is 6.33 Å². The minimum atomic E-state index is -0.559. The number of primary amides is 1. The highest BCUT2D eigenvalue weighted by molar-refractivity contribution is 5.96. The maximum absolute atomic E-state index is 10.8. The Morgan fingerprint density at radius 1 is 1.50 bits per heavy atom. The highest BCUT2D eigenvalue weighted by Gasteiger charge is 2.09. The molecule has 5 nitrogen and oxygen atoms in total. The first-order valence-electron chi connectivity index (χ1n) is 3.36. The number of carbonyl (C=O) groups excluding carboxylic acids is 1. The van der Waals surface area contributed by atoms with Crippen LogP contribution in [-0.2, 0) is 0 Å². The van der Waals surface area contributed by atoms with Crippen molar-refractivity contribution in [1.82, 2.24) is 14.4 Å². The van der Waals surface area contributed by atoms with Crippen molar-refractivity contribution in [3.8, 4) is 0 Å². The van der Waals surface area contributed by atoms with Crippen molar-refractivity contribution < 1.29 is 4.79 Å². The van der Waals surface area contributed by atoms with E-state index in [0.29, 0.717) is 5.65 Å². The third-order valence-electron chi connectivity index (χ3n) is 1.53. The number of rotatable bonds is 1. The summed E-state index contributed by atoms with van der Waals surface area (Å²) in [5, 5.41) is 0. The van der Waals surface area contributed by atoms with E-state index < -0.39 is 5.91 Å². The third-order valence-corrected chi connectivity index (χ3v) is 1.53. The predicted octanol–water partition coefficient (Wildman–Crippen LogP) is -0.172. The molecule has 0 atom stereocenters. The van der Waals surface area contributed by atoms with Crippen molar-refractivity contribution in [2.75, 3.05) is 0 Å². The SMILES string of the molecule is NC(=O)c1ncn2cccnc12. The molecule has 0 aliphatic rings. The Hall–Kier alpha value is -1.91. The van der Waals surface area contributed by atoms with Gasteiger partial charge >= 0.3 is 0 Å². The van der Waals surface area contributed by atoms with E-state index in [1.54, 1.807) is 22.9 Å². The standard InChI is InChI=1S/C7H6N4O/c8-6(12)5-7-9-2-1-3-11(7)4-10-5/h1-4H,(H2,8,12). The molecule has 0 radical (unpaired) electrons. The molecule has 5 heteroatoms. The average Bonchev–Trinajstić information content (AvgIpc) is 2.47. The van der Waals surface area contributed by atoms with Crippen molar-refractivity contribution >= 4 is 11.6 Å². The highest BCUT2D eigenvalue weighted by Crippen LogP contribution is 2.03. The fourth-order valence-electron chi connectivity index (χ4n) is 1.01. The van der Waals surface area contributed by atoms with Crippen molar-refractivity contribution in [1.29, 1.82) is 0 Å². The largest absolute Gasteiger partial charge is 0.364 e. The van der Waals surface area contributed by atoms with Gasteiger partial charge in [-0.3, -0.25) is 9.20 Å². The summed E-state index contributed by atoms with van der Waals surface area (Å²) in [5.74, 6) is -0.559. The Morgan fingerprint density at radius 2 is 2.33 bits per heavy atom. The van der Waals surface area contributed by atoms with Gasteiger partial charge in [0, 0.05) is 12.4 Å². The molecule has 60 valence electrons. The van der Waals surface area contributed by atoms with Crippen LogP contribution in [0.5, 0.6) is 0 Å². The Balaban J connectivity index is 2.79. The lowest BCUT2D eigenvalue weighted by molar-refractivity contribution is 0.0997. The number of nitrogens with two attached hydrogens (primary N) is 1. The monoisotopic (exact) mass is 162 g/mol. The molecule has 0 fully saturated rings. The van der Waals surface area contributed by atoms with Crippen molar-refractivity contribution in [3.63, 3.8) is 0 Å². The smallest absolute Gasteiger partial charge is 0.271 e. The molecule has 0 aliphatic carbocycles. The van der Waals surface area contributed by atoms with Gasteiger partial charge in [-0.1, -0.05) is 0 Å². The van der Waals surface area contributed by atoms with Gasteiger partial charge in [0.05, 0.1) is 0 Å². The highest BCUT2D eigenvalue weighted by atomic mass is 16.1. The number of aromatic nitrogens is 3. The van der Waals surface area contributed by atoms with Crippen LogP contribution in [-0.4, -0.2) is 20.3 Å². The first kappa shape index (κ1) is 6.78. The second-order valence-corrected chi connectivity index (χ2v) is 2.31. The molecule has 0 aromatic carbocycles. The van der Waals surface area contributed by atoms with Gasteiger partial charge in [0.25, 0.3) is 5.91 Å². The summed E-state index contributed by atoms with van der Waals surface area (Å²) in [6.07, 6.45) is 4.84. The van der Waals surface area contributed by atoms with Gasteiger partial charge in [-0.2, -0.15) is 0 Å². The molecular weight excluding hydrogens is 156 g/mol. The number of hydrogen-bond acceptors (Lipinski definition) is 3. The first-order valence-corrected chi connectivity index (χ1v) is 3.36. The summed E-state index contributed by atoms with van der Waals surface area (Å²) in [6.45, 7) is 0. The van der Waals surface area contributed by atoms with Gasteiger partial charge in [0.2, 0.25) is 0 Å². The van der Waals surface area contributed by atoms with E-state index in [0.717, 1.165) is 0 Å². The fourth-order valence-corrected chi connectivity index (χ4v) is 1.01. The zero-order valence-electron chi connectivity index (χ0n) is 6.14. The number of amides is 1. The Bertz CT molecular complexity index is 434. The van der Waals surface area contributed by atoms with Gasteiger partial charge in [-0.15, -0.1) is 0 Å². The molecule has 0 saturated carbocycles. The van der Waals surface area contributed by atoms with Crippen molar-refractivity contribution in [2.45, 2.75) is 0 Å². The normalized spacial score (nSPS) is 10.3. The molecule has 2 N–H and O–H groups in total. The predicted molar refractivity (Wildman–Crippen MR) is 41.5 cm³/mol. The molecule has 2 aromatic heterocycles. The molecule has 0 bridgehead atoms. The molecule has 12 heavy (non-hydrogen) atoms. The number of carbonyl (C=O) groups is 1. The molecule has 2 heterocycles. The third kappa shape index (κ3) is 0.833. The van der Waals surface area contributed by atoms with Crippen LogP contribution < -0.4 is 5.73 Å². The molecule has 2 aromatic rings. The molecule has 0 spiro atoms. The number of imidazole rings is 1. The van der Waals surface area contributed by atoms with Gasteiger partial charge in [-0.25, -0.2) is 9.97 Å². The summed E-state index contributed by atoms with van der Waals surface area (Å²) in [5.41, 5.74) is 5.76. The first-order chi connectivity index (χ1) is 5.79. The van der Waals surface area contributed by atoms with Crippen LogP contribution in [0.1, 0.15) is 10.5 Å². The summed E-state index contributed by atoms with van der Waals surface area (Å²) in [6, 6.07) is 1.75. The molecular formula is C7H6N4O. The topological polar surface area (TPSA) is 73.3 Å². The van der Waals surface area contributed by atoms with Crippen LogP contribution in [0.2, 0.25) is 0 Å². The van der Waals surface area contributed by atoms with Crippen molar-refractivity contribution in [3.05, 3.63) is 30.5 Å². The molecule has 0 aliphatic heterocycles. The fraction of sp³-hybridized carbons (Fsp3) is 0. The van der Waals surface area contributed by atoms with Crippen LogP contribution in [0.4, 0.5) is 0 Å². The second kappa shape index (κ2) is 2.30. The number of hydrogen-bond donors (Lipinski definition) is 1. The minimum Gasteiger partial charge on any atom is -0.364 e. The quantitative estimate of drug-likeness (QED) is 0.632.